The second kappa shape index (κ2) is 2.80. The summed E-state index contributed by atoms with van der Waals surface area (Å²) in [6, 6.07) is 0. The maximum atomic E-state index is 13.3. The van der Waals surface area contributed by atoms with Gasteiger partial charge in [-0.3, -0.25) is 0 Å². The van der Waals surface area contributed by atoms with E-state index >= 15 is 0 Å². The normalized spacial score (nSPS) is 12.5. The lowest BCUT2D eigenvalue weighted by atomic mass is 10.0. The lowest BCUT2D eigenvalue weighted by Gasteiger charge is -2.19. The van der Waals surface area contributed by atoms with Crippen LogP contribution >= 0.6 is 0 Å². The Morgan fingerprint density at radius 2 is 2.08 bits per heavy atom. The fourth-order valence-electron chi connectivity index (χ4n) is 0.887. The number of rotatable bonds is 2. The van der Waals surface area contributed by atoms with E-state index in [0.29, 0.717) is 0 Å². The van der Waals surface area contributed by atoms with Crippen molar-refractivity contribution in [3.05, 3.63) is 11.9 Å². The zero-order valence-electron chi connectivity index (χ0n) is 7.25. The summed E-state index contributed by atoms with van der Waals surface area (Å²) in [6.07, 6.45) is 1.10. The van der Waals surface area contributed by atoms with Gasteiger partial charge in [-0.2, -0.15) is 8.78 Å². The van der Waals surface area contributed by atoms with Crippen LogP contribution < -0.4 is 0 Å². The first-order valence-corrected chi connectivity index (χ1v) is 3.69. The summed E-state index contributed by atoms with van der Waals surface area (Å²) in [5, 5.41) is 6.86. The molecule has 12 heavy (non-hydrogen) atoms. The van der Waals surface area contributed by atoms with E-state index in [2.05, 4.69) is 10.3 Å². The first kappa shape index (κ1) is 9.09. The number of nitrogens with zero attached hydrogens (tertiary/aromatic N) is 3. The quantitative estimate of drug-likeness (QED) is 0.683. The van der Waals surface area contributed by atoms with Crippen molar-refractivity contribution in [3.8, 4) is 0 Å². The summed E-state index contributed by atoms with van der Waals surface area (Å²) in [5.41, 5.74) is -0.141. The first-order valence-electron chi connectivity index (χ1n) is 3.69. The molecule has 0 saturated carbocycles. The monoisotopic (exact) mass is 175 g/mol. The Kier molecular flexibility index (Phi) is 2.12. The average Bonchev–Trinajstić information content (AvgIpc) is 2.35. The topological polar surface area (TPSA) is 30.7 Å². The van der Waals surface area contributed by atoms with E-state index in [-0.39, 0.29) is 5.69 Å². The molecule has 0 atom stereocenters. The molecule has 0 fully saturated rings. The molecule has 1 aromatic rings. The van der Waals surface area contributed by atoms with Gasteiger partial charge in [0.25, 0.3) is 5.92 Å². The Labute approximate surface area is 69.4 Å². The Balaban J connectivity index is 3.05. The molecule has 68 valence electrons. The summed E-state index contributed by atoms with van der Waals surface area (Å²) >= 11 is 0. The number of hydrogen-bond donors (Lipinski definition) is 0. The molecule has 0 N–H and O–H groups in total. The fourth-order valence-corrected chi connectivity index (χ4v) is 0.887. The summed E-state index contributed by atoms with van der Waals surface area (Å²) in [7, 11) is 1.46. The molecule has 0 spiro atoms. The van der Waals surface area contributed by atoms with Gasteiger partial charge in [0.15, 0.2) is 0 Å². The Morgan fingerprint density at radius 1 is 1.50 bits per heavy atom. The van der Waals surface area contributed by atoms with Crippen molar-refractivity contribution < 1.29 is 8.78 Å². The SMILES string of the molecule is CC(C)C(F)(F)c1cnnn1C. The van der Waals surface area contributed by atoms with Crippen LogP contribution in [0.3, 0.4) is 0 Å². The third kappa shape index (κ3) is 1.31. The largest absolute Gasteiger partial charge is 0.293 e. The molecule has 0 amide bonds. The Morgan fingerprint density at radius 3 is 2.42 bits per heavy atom. The third-order valence-corrected chi connectivity index (χ3v) is 1.78. The van der Waals surface area contributed by atoms with Gasteiger partial charge in [-0.1, -0.05) is 19.1 Å². The summed E-state index contributed by atoms with van der Waals surface area (Å²) in [5.74, 6) is -3.59. The maximum absolute atomic E-state index is 13.3. The average molecular weight is 175 g/mol. The van der Waals surface area contributed by atoms with E-state index in [1.807, 2.05) is 0 Å². The maximum Gasteiger partial charge on any atom is 0.293 e. The van der Waals surface area contributed by atoms with Crippen molar-refractivity contribution >= 4 is 0 Å². The van der Waals surface area contributed by atoms with Crippen molar-refractivity contribution in [1.29, 1.82) is 0 Å². The zero-order valence-corrected chi connectivity index (χ0v) is 7.25. The molecular formula is C7H11F2N3. The summed E-state index contributed by atoms with van der Waals surface area (Å²) in [4.78, 5) is 0. The second-order valence-corrected chi connectivity index (χ2v) is 3.02. The summed E-state index contributed by atoms with van der Waals surface area (Å²) < 4.78 is 27.6. The molecule has 0 aliphatic carbocycles. The van der Waals surface area contributed by atoms with Gasteiger partial charge in [-0.25, -0.2) is 4.68 Å². The molecule has 0 aromatic carbocycles. The van der Waals surface area contributed by atoms with Gasteiger partial charge in [0.1, 0.15) is 5.69 Å². The van der Waals surface area contributed by atoms with Gasteiger partial charge >= 0.3 is 0 Å². The van der Waals surface area contributed by atoms with E-state index in [0.717, 1.165) is 10.9 Å². The van der Waals surface area contributed by atoms with Crippen LogP contribution in [0.15, 0.2) is 6.20 Å². The fraction of sp³-hybridized carbons (Fsp3) is 0.714. The highest BCUT2D eigenvalue weighted by atomic mass is 19.3. The van der Waals surface area contributed by atoms with Crippen molar-refractivity contribution in [2.24, 2.45) is 13.0 Å². The van der Waals surface area contributed by atoms with Crippen LogP contribution in [-0.4, -0.2) is 15.0 Å². The molecule has 3 nitrogen and oxygen atoms in total. The third-order valence-electron chi connectivity index (χ3n) is 1.78. The van der Waals surface area contributed by atoms with Gasteiger partial charge in [0.05, 0.1) is 6.20 Å². The number of hydrogen-bond acceptors (Lipinski definition) is 2. The minimum absolute atomic E-state index is 0.141. The highest BCUT2D eigenvalue weighted by Gasteiger charge is 2.38. The molecule has 1 heterocycles. The van der Waals surface area contributed by atoms with Crippen LogP contribution in [0.1, 0.15) is 19.5 Å². The molecule has 1 aromatic heterocycles. The molecule has 0 radical (unpaired) electrons. The van der Waals surface area contributed by atoms with Crippen molar-refractivity contribution in [2.45, 2.75) is 19.8 Å². The number of aromatic nitrogens is 3. The first-order chi connectivity index (χ1) is 5.46. The molecule has 0 saturated heterocycles. The predicted molar refractivity (Wildman–Crippen MR) is 39.7 cm³/mol. The van der Waals surface area contributed by atoms with Crippen LogP contribution in [0.2, 0.25) is 0 Å². The number of aryl methyl sites for hydroxylation is 1. The van der Waals surface area contributed by atoms with E-state index < -0.39 is 11.8 Å². The molecular weight excluding hydrogens is 164 g/mol. The molecule has 0 aliphatic heterocycles. The van der Waals surface area contributed by atoms with Gasteiger partial charge in [-0.05, 0) is 0 Å². The number of halogens is 2. The number of alkyl halides is 2. The van der Waals surface area contributed by atoms with Gasteiger partial charge in [0.2, 0.25) is 0 Å². The van der Waals surface area contributed by atoms with Crippen LogP contribution in [0, 0.1) is 5.92 Å². The summed E-state index contributed by atoms with van der Waals surface area (Å²) in [6.45, 7) is 2.93. The molecule has 0 bridgehead atoms. The van der Waals surface area contributed by atoms with Crippen LogP contribution in [-0.2, 0) is 13.0 Å². The smallest absolute Gasteiger partial charge is 0.246 e. The van der Waals surface area contributed by atoms with Gasteiger partial charge in [0, 0.05) is 13.0 Å². The highest BCUT2D eigenvalue weighted by molar-refractivity contribution is 5.04. The lowest BCUT2D eigenvalue weighted by molar-refractivity contribution is -0.0586. The molecule has 0 aliphatic rings. The minimum atomic E-state index is -2.85. The van der Waals surface area contributed by atoms with Crippen molar-refractivity contribution in [1.82, 2.24) is 15.0 Å². The highest BCUT2D eigenvalue weighted by Crippen LogP contribution is 2.34. The zero-order chi connectivity index (χ0) is 9.35. The minimum Gasteiger partial charge on any atom is -0.246 e. The molecule has 0 unspecified atom stereocenters. The van der Waals surface area contributed by atoms with E-state index in [4.69, 9.17) is 0 Å². The van der Waals surface area contributed by atoms with Crippen LogP contribution in [0.25, 0.3) is 0 Å². The van der Waals surface area contributed by atoms with Gasteiger partial charge in [-0.15, -0.1) is 5.10 Å². The predicted octanol–water partition coefficient (Wildman–Crippen LogP) is 1.56. The van der Waals surface area contributed by atoms with Gasteiger partial charge < -0.3 is 0 Å². The second-order valence-electron chi connectivity index (χ2n) is 3.02. The van der Waals surface area contributed by atoms with E-state index in [1.165, 1.54) is 20.9 Å². The van der Waals surface area contributed by atoms with Crippen molar-refractivity contribution in [3.63, 3.8) is 0 Å². The Bertz CT molecular complexity index is 267. The molecule has 5 heteroatoms. The standard InChI is InChI=1S/C7H11F2N3/c1-5(2)7(8,9)6-4-10-11-12(6)3/h4-5H,1-3H3. The van der Waals surface area contributed by atoms with E-state index in [1.54, 1.807) is 0 Å². The Hall–Kier alpha value is -1.00. The van der Waals surface area contributed by atoms with Crippen LogP contribution in [0.4, 0.5) is 8.78 Å². The van der Waals surface area contributed by atoms with Crippen molar-refractivity contribution in [2.75, 3.05) is 0 Å². The van der Waals surface area contributed by atoms with Crippen LogP contribution in [0.5, 0.6) is 0 Å². The van der Waals surface area contributed by atoms with E-state index in [9.17, 15) is 8.78 Å². The lowest BCUT2D eigenvalue weighted by Crippen LogP contribution is -2.24. The molecule has 1 rings (SSSR count).